The first kappa shape index (κ1) is 37.2. The maximum absolute atomic E-state index is 11.8. The minimum Gasteiger partial charge on any atom is -0.544 e. The number of carboxylic acids is 1. The first-order chi connectivity index (χ1) is 22.3. The molecule has 0 unspecified atom stereocenters. The summed E-state index contributed by atoms with van der Waals surface area (Å²) in [6.45, 7) is 11.2. The van der Waals surface area contributed by atoms with Crippen LogP contribution in [0.25, 0.3) is 0 Å². The Hall–Kier alpha value is -2.66. The van der Waals surface area contributed by atoms with E-state index in [1.54, 1.807) is 25.4 Å². The van der Waals surface area contributed by atoms with E-state index in [1.165, 1.54) is 40.1 Å². The molecule has 0 bridgehead atoms. The number of aromatic nitrogens is 2. The average molecular weight is 710 g/mol. The standard InChI is InChI=1S/C17H20ClN3O2S.C15H16ClN3O2S.Li/c1-2-23-17(22)15-11-14(18)16(24-15)12-20-7-9-21(10-8-20)13-3-5-19-6-4-13;16-12-9-13(15(20)21)22-14(12)10-18-5-7-19(8-6-18)11-1-3-17-4-2-11;/h3-6,11H,2,7-10,12H2,1H3;1-4,9H,5-8,10H2,(H,20,21);/q;;+1/p-1. The van der Waals surface area contributed by atoms with Crippen molar-refractivity contribution in [2.24, 2.45) is 0 Å². The third-order valence-corrected chi connectivity index (χ3v) is 10.8. The van der Waals surface area contributed by atoms with Crippen LogP contribution in [0.1, 0.15) is 36.0 Å². The van der Waals surface area contributed by atoms with E-state index in [0.717, 1.165) is 68.7 Å². The maximum Gasteiger partial charge on any atom is 1.00 e. The molecule has 0 atom stereocenters. The molecule has 4 aromatic heterocycles. The molecule has 0 amide bonds. The van der Waals surface area contributed by atoms with Crippen molar-refractivity contribution < 1.29 is 38.3 Å². The van der Waals surface area contributed by atoms with Gasteiger partial charge in [0.2, 0.25) is 0 Å². The Bertz CT molecular complexity index is 1580. The zero-order valence-corrected chi connectivity index (χ0v) is 29.6. The number of halogens is 2. The Balaban J connectivity index is 0.000000209. The fourth-order valence-corrected chi connectivity index (χ4v) is 7.89. The summed E-state index contributed by atoms with van der Waals surface area (Å²) in [5.74, 6) is -1.46. The number of rotatable bonds is 9. The smallest absolute Gasteiger partial charge is 0.544 e. The van der Waals surface area contributed by atoms with E-state index in [4.69, 9.17) is 27.9 Å². The Kier molecular flexibility index (Phi) is 14.4. The Morgan fingerprint density at radius 3 is 1.53 bits per heavy atom. The van der Waals surface area contributed by atoms with Crippen molar-refractivity contribution in [3.63, 3.8) is 0 Å². The first-order valence-electron chi connectivity index (χ1n) is 15.0. The van der Waals surface area contributed by atoms with Crippen molar-refractivity contribution in [1.82, 2.24) is 19.8 Å². The molecule has 0 N–H and O–H groups in total. The molecule has 15 heteroatoms. The zero-order valence-electron chi connectivity index (χ0n) is 26.4. The van der Waals surface area contributed by atoms with Gasteiger partial charge in [0.1, 0.15) is 4.88 Å². The third kappa shape index (κ3) is 10.4. The largest absolute Gasteiger partial charge is 1.00 e. The van der Waals surface area contributed by atoms with Gasteiger partial charge in [-0.3, -0.25) is 19.8 Å². The predicted octanol–water partition coefficient (Wildman–Crippen LogP) is 1.78. The van der Waals surface area contributed by atoms with Gasteiger partial charge in [-0.05, 0) is 43.3 Å². The van der Waals surface area contributed by atoms with Gasteiger partial charge in [-0.1, -0.05) is 23.2 Å². The molecule has 0 aromatic carbocycles. The predicted molar refractivity (Wildman–Crippen MR) is 182 cm³/mol. The molecule has 6 heterocycles. The molecule has 0 radical (unpaired) electrons. The minimum atomic E-state index is -1.17. The van der Waals surface area contributed by atoms with Gasteiger partial charge in [-0.25, -0.2) is 4.79 Å². The second-order valence-electron chi connectivity index (χ2n) is 10.7. The van der Waals surface area contributed by atoms with E-state index in [2.05, 4.69) is 29.6 Å². The van der Waals surface area contributed by atoms with Crippen LogP contribution in [0.4, 0.5) is 11.4 Å². The minimum absolute atomic E-state index is 0. The number of nitrogens with zero attached hydrogens (tertiary/aromatic N) is 6. The molecule has 2 saturated heterocycles. The third-order valence-electron chi connectivity index (χ3n) is 7.73. The van der Waals surface area contributed by atoms with Crippen LogP contribution in [-0.2, 0) is 17.8 Å². The summed E-state index contributed by atoms with van der Waals surface area (Å²) in [7, 11) is 0. The molecule has 2 aliphatic rings. The summed E-state index contributed by atoms with van der Waals surface area (Å²) in [6.07, 6.45) is 7.25. The second-order valence-corrected chi connectivity index (χ2v) is 13.8. The summed E-state index contributed by atoms with van der Waals surface area (Å²) in [4.78, 5) is 42.8. The number of hydrogen-bond acceptors (Lipinski definition) is 12. The van der Waals surface area contributed by atoms with E-state index in [0.29, 0.717) is 28.1 Å². The molecular weight excluding hydrogens is 674 g/mol. The van der Waals surface area contributed by atoms with Crippen molar-refractivity contribution in [3.05, 3.63) is 90.7 Å². The van der Waals surface area contributed by atoms with Crippen molar-refractivity contribution in [3.8, 4) is 0 Å². The Morgan fingerprint density at radius 2 is 1.15 bits per heavy atom. The molecule has 2 aliphatic heterocycles. The summed E-state index contributed by atoms with van der Waals surface area (Å²) in [5, 5.41) is 12.0. The van der Waals surface area contributed by atoms with Gasteiger partial charge < -0.3 is 24.4 Å². The average Bonchev–Trinajstić information content (AvgIpc) is 3.64. The summed E-state index contributed by atoms with van der Waals surface area (Å²) >= 11 is 15.0. The topological polar surface area (TPSA) is 105 Å². The van der Waals surface area contributed by atoms with Crippen LogP contribution >= 0.6 is 45.9 Å². The van der Waals surface area contributed by atoms with Gasteiger partial charge in [-0.15, -0.1) is 22.7 Å². The van der Waals surface area contributed by atoms with Gasteiger partial charge >= 0.3 is 24.8 Å². The van der Waals surface area contributed by atoms with Crippen LogP contribution in [0, 0.1) is 0 Å². The van der Waals surface area contributed by atoms with Gasteiger partial charge in [-0.2, -0.15) is 0 Å². The number of piperazine rings is 2. The molecule has 6 rings (SSSR count). The van der Waals surface area contributed by atoms with Crippen LogP contribution in [0.2, 0.25) is 10.0 Å². The van der Waals surface area contributed by atoms with Crippen LogP contribution in [0.15, 0.2) is 61.2 Å². The number of carboxylic acid groups (broad SMARTS) is 1. The molecule has 4 aromatic rings. The fraction of sp³-hybridized carbons (Fsp3) is 0.375. The monoisotopic (exact) mass is 708 g/mol. The zero-order chi connectivity index (χ0) is 32.5. The molecular formula is C32H35Cl2LiN6O4S2. The maximum atomic E-state index is 11.8. The van der Waals surface area contributed by atoms with Crippen LogP contribution < -0.4 is 33.8 Å². The van der Waals surface area contributed by atoms with Gasteiger partial charge in [0, 0.05) is 111 Å². The van der Waals surface area contributed by atoms with E-state index >= 15 is 0 Å². The van der Waals surface area contributed by atoms with Gasteiger partial charge in [0.05, 0.1) is 27.5 Å². The molecule has 47 heavy (non-hydrogen) atoms. The molecule has 10 nitrogen and oxygen atoms in total. The first-order valence-corrected chi connectivity index (χ1v) is 17.4. The Morgan fingerprint density at radius 1 is 0.745 bits per heavy atom. The number of thiophene rings is 2. The number of carbonyl (C=O) groups excluding carboxylic acids is 2. The van der Waals surface area contributed by atoms with Gasteiger partial charge in [0.15, 0.2) is 0 Å². The molecule has 2 fully saturated rings. The second kappa shape index (κ2) is 18.2. The van der Waals surface area contributed by atoms with Crippen LogP contribution in [0.5, 0.6) is 0 Å². The summed E-state index contributed by atoms with van der Waals surface area (Å²) < 4.78 is 5.04. The normalized spacial score (nSPS) is 15.4. The number of carbonyl (C=O) groups is 2. The van der Waals surface area contributed by atoms with Crippen molar-refractivity contribution >= 4 is 69.2 Å². The molecule has 0 saturated carbocycles. The summed E-state index contributed by atoms with van der Waals surface area (Å²) in [6, 6.07) is 11.3. The van der Waals surface area contributed by atoms with E-state index in [-0.39, 0.29) is 29.7 Å². The van der Waals surface area contributed by atoms with Crippen LogP contribution in [-0.4, -0.2) is 90.7 Å². The van der Waals surface area contributed by atoms with E-state index in [1.807, 2.05) is 36.7 Å². The molecule has 0 spiro atoms. The van der Waals surface area contributed by atoms with Crippen molar-refractivity contribution in [1.29, 1.82) is 0 Å². The number of aromatic carboxylic acids is 1. The quantitative estimate of drug-likeness (QED) is 0.189. The number of pyridine rings is 2. The number of anilines is 2. The van der Waals surface area contributed by atoms with Crippen LogP contribution in [0.3, 0.4) is 0 Å². The fourth-order valence-electron chi connectivity index (χ4n) is 5.28. The van der Waals surface area contributed by atoms with E-state index in [9.17, 15) is 14.7 Å². The Labute approximate surface area is 305 Å². The number of esters is 1. The number of ether oxygens (including phenoxy) is 1. The molecule has 244 valence electrons. The SMILES string of the molecule is CCOC(=O)c1cc(Cl)c(CN2CCN(c3ccncc3)CC2)s1.O=C([O-])c1cc(Cl)c(CN2CCN(c3ccncc3)CC2)s1.[Li+]. The van der Waals surface area contributed by atoms with E-state index < -0.39 is 5.97 Å². The van der Waals surface area contributed by atoms with Crippen molar-refractivity contribution in [2.75, 3.05) is 68.8 Å². The van der Waals surface area contributed by atoms with Crippen molar-refractivity contribution in [2.45, 2.75) is 20.0 Å². The summed E-state index contributed by atoms with van der Waals surface area (Å²) in [5.41, 5.74) is 2.39. The molecule has 0 aliphatic carbocycles. The number of hydrogen-bond donors (Lipinski definition) is 0. The van der Waals surface area contributed by atoms with Gasteiger partial charge in [0.25, 0.3) is 0 Å².